The van der Waals surface area contributed by atoms with Gasteiger partial charge in [-0.15, -0.1) is 0 Å². The van der Waals surface area contributed by atoms with Gasteiger partial charge in [-0.2, -0.15) is 5.26 Å². The molecule has 5 nitrogen and oxygen atoms in total. The smallest absolute Gasteiger partial charge is 0.333 e. The van der Waals surface area contributed by atoms with Gasteiger partial charge in [0.2, 0.25) is 9.71 Å². The van der Waals surface area contributed by atoms with Crippen LogP contribution in [0.3, 0.4) is 0 Å². The van der Waals surface area contributed by atoms with Crippen molar-refractivity contribution >= 4 is 52.4 Å². The quantitative estimate of drug-likeness (QED) is 0.521. The SMILES string of the molecule is N#CC(C(=O)Nc1ccccc1)C(=O)OCC(Cl)(Cl)Cl. The first-order valence-corrected chi connectivity index (χ1v) is 6.46. The van der Waals surface area contributed by atoms with Crippen molar-refractivity contribution in [1.82, 2.24) is 0 Å². The van der Waals surface area contributed by atoms with E-state index in [2.05, 4.69) is 10.1 Å². The molecule has 1 amide bonds. The number of nitrogens with zero attached hydrogens (tertiary/aromatic N) is 1. The van der Waals surface area contributed by atoms with Crippen molar-refractivity contribution in [3.05, 3.63) is 30.3 Å². The van der Waals surface area contributed by atoms with Crippen LogP contribution < -0.4 is 5.32 Å². The normalized spacial score (nSPS) is 12.1. The highest BCUT2D eigenvalue weighted by atomic mass is 35.6. The summed E-state index contributed by atoms with van der Waals surface area (Å²) in [4.78, 5) is 23.3. The predicted octanol–water partition coefficient (Wildman–Crippen LogP) is 2.68. The second-order valence-corrected chi connectivity index (χ2v) is 6.16. The van der Waals surface area contributed by atoms with Crippen molar-refractivity contribution in [3.63, 3.8) is 0 Å². The van der Waals surface area contributed by atoms with E-state index in [9.17, 15) is 9.59 Å². The fourth-order valence-electron chi connectivity index (χ4n) is 1.19. The number of ether oxygens (including phenoxy) is 1. The van der Waals surface area contributed by atoms with E-state index in [0.29, 0.717) is 5.69 Å². The number of carbonyl (C=O) groups is 2. The Labute approximate surface area is 130 Å². The molecule has 0 aliphatic heterocycles. The zero-order valence-corrected chi connectivity index (χ0v) is 12.2. The third kappa shape index (κ3) is 5.66. The summed E-state index contributed by atoms with van der Waals surface area (Å²) < 4.78 is 2.80. The van der Waals surface area contributed by atoms with Gasteiger partial charge in [0.1, 0.15) is 6.61 Å². The minimum atomic E-state index is -1.80. The number of hydrogen-bond acceptors (Lipinski definition) is 4. The zero-order valence-electron chi connectivity index (χ0n) is 9.98. The third-order valence-electron chi connectivity index (χ3n) is 2.05. The van der Waals surface area contributed by atoms with Gasteiger partial charge in [-0.1, -0.05) is 53.0 Å². The minimum absolute atomic E-state index is 0.451. The summed E-state index contributed by atoms with van der Waals surface area (Å²) in [5.74, 6) is -3.53. The molecular formula is C12H9Cl3N2O3. The van der Waals surface area contributed by atoms with Crippen LogP contribution in [0.1, 0.15) is 0 Å². The number of alkyl halides is 3. The molecule has 0 aliphatic rings. The average molecular weight is 336 g/mol. The fourth-order valence-corrected chi connectivity index (χ4v) is 1.35. The summed E-state index contributed by atoms with van der Waals surface area (Å²) in [5, 5.41) is 11.3. The molecule has 0 heterocycles. The molecule has 1 atom stereocenters. The maximum absolute atomic E-state index is 11.8. The first-order valence-electron chi connectivity index (χ1n) is 5.32. The van der Waals surface area contributed by atoms with E-state index in [1.54, 1.807) is 36.4 Å². The van der Waals surface area contributed by atoms with Gasteiger partial charge < -0.3 is 10.1 Å². The molecule has 20 heavy (non-hydrogen) atoms. The van der Waals surface area contributed by atoms with Crippen molar-refractivity contribution < 1.29 is 14.3 Å². The summed E-state index contributed by atoms with van der Waals surface area (Å²) in [6, 6.07) is 9.90. The van der Waals surface area contributed by atoms with Crippen LogP contribution >= 0.6 is 34.8 Å². The molecule has 0 fully saturated rings. The van der Waals surface area contributed by atoms with Gasteiger partial charge in [0, 0.05) is 5.69 Å². The molecule has 0 radical (unpaired) electrons. The summed E-state index contributed by atoms with van der Waals surface area (Å²) in [6.07, 6.45) is 0. The topological polar surface area (TPSA) is 79.2 Å². The Morgan fingerprint density at radius 1 is 1.30 bits per heavy atom. The first-order chi connectivity index (χ1) is 9.33. The molecule has 0 saturated carbocycles. The Morgan fingerprint density at radius 2 is 1.90 bits per heavy atom. The van der Waals surface area contributed by atoms with Crippen LogP contribution in [0.2, 0.25) is 0 Å². The summed E-state index contributed by atoms with van der Waals surface area (Å²) in [5.41, 5.74) is 0.451. The molecule has 1 aromatic rings. The molecule has 106 valence electrons. The van der Waals surface area contributed by atoms with Crippen LogP contribution in [0.25, 0.3) is 0 Å². The van der Waals surface area contributed by atoms with E-state index in [1.807, 2.05) is 0 Å². The number of nitriles is 1. The monoisotopic (exact) mass is 334 g/mol. The molecule has 8 heteroatoms. The molecule has 1 rings (SSSR count). The van der Waals surface area contributed by atoms with Gasteiger partial charge in [0.25, 0.3) is 5.91 Å². The molecular weight excluding hydrogens is 327 g/mol. The van der Waals surface area contributed by atoms with Crippen LogP contribution in [0.5, 0.6) is 0 Å². The number of rotatable bonds is 4. The second kappa shape index (κ2) is 7.34. The fraction of sp³-hybridized carbons (Fsp3) is 0.250. The van der Waals surface area contributed by atoms with Crippen LogP contribution in [0.4, 0.5) is 5.69 Å². The van der Waals surface area contributed by atoms with Gasteiger partial charge in [0.05, 0.1) is 6.07 Å². The molecule has 0 aliphatic carbocycles. The van der Waals surface area contributed by atoms with Crippen LogP contribution in [-0.4, -0.2) is 22.3 Å². The van der Waals surface area contributed by atoms with Crippen molar-refractivity contribution in [1.29, 1.82) is 5.26 Å². The van der Waals surface area contributed by atoms with E-state index in [0.717, 1.165) is 0 Å². The molecule has 0 saturated heterocycles. The summed E-state index contributed by atoms with van der Waals surface area (Å²) in [6.45, 7) is -0.548. The lowest BCUT2D eigenvalue weighted by Crippen LogP contribution is -2.31. The standard InChI is InChI=1S/C12H9Cl3N2O3/c13-12(14,15)7-20-11(19)9(6-16)10(18)17-8-4-2-1-3-5-8/h1-5,9H,7H2,(H,17,18). The lowest BCUT2D eigenvalue weighted by Gasteiger charge is -2.13. The summed E-state index contributed by atoms with van der Waals surface area (Å²) in [7, 11) is 0. The maximum Gasteiger partial charge on any atom is 0.333 e. The molecule has 0 aromatic heterocycles. The van der Waals surface area contributed by atoms with Crippen LogP contribution in [-0.2, 0) is 14.3 Å². The Morgan fingerprint density at radius 3 is 2.40 bits per heavy atom. The molecule has 1 unspecified atom stereocenters. The number of halogens is 3. The van der Waals surface area contributed by atoms with E-state index < -0.39 is 28.2 Å². The van der Waals surface area contributed by atoms with E-state index >= 15 is 0 Å². The molecule has 0 bridgehead atoms. The van der Waals surface area contributed by atoms with Crippen molar-refractivity contribution in [3.8, 4) is 6.07 Å². The first kappa shape index (κ1) is 16.6. The van der Waals surface area contributed by atoms with E-state index in [1.165, 1.54) is 0 Å². The number of hydrogen-bond donors (Lipinski definition) is 1. The Hall–Kier alpha value is -1.48. The summed E-state index contributed by atoms with van der Waals surface area (Å²) >= 11 is 16.2. The molecule has 1 N–H and O–H groups in total. The number of para-hydroxylation sites is 1. The number of benzene rings is 1. The van der Waals surface area contributed by atoms with Crippen LogP contribution in [0.15, 0.2) is 30.3 Å². The number of nitrogens with one attached hydrogen (secondary N) is 1. The second-order valence-electron chi connectivity index (χ2n) is 3.64. The minimum Gasteiger partial charge on any atom is -0.460 e. The lowest BCUT2D eigenvalue weighted by atomic mass is 10.1. The van der Waals surface area contributed by atoms with Gasteiger partial charge in [-0.3, -0.25) is 9.59 Å². The van der Waals surface area contributed by atoms with Gasteiger partial charge in [0.15, 0.2) is 0 Å². The maximum atomic E-state index is 11.8. The molecule has 1 aromatic carbocycles. The third-order valence-corrected chi connectivity index (χ3v) is 2.37. The Balaban J connectivity index is 2.64. The Kier molecular flexibility index (Phi) is 6.08. The van der Waals surface area contributed by atoms with Gasteiger partial charge in [-0.25, -0.2) is 0 Å². The Bertz CT molecular complexity index is 523. The van der Waals surface area contributed by atoms with Crippen molar-refractivity contribution in [2.45, 2.75) is 3.79 Å². The van der Waals surface area contributed by atoms with Gasteiger partial charge >= 0.3 is 5.97 Å². The zero-order chi connectivity index (χ0) is 15.2. The highest BCUT2D eigenvalue weighted by molar-refractivity contribution is 6.67. The van der Waals surface area contributed by atoms with Crippen molar-refractivity contribution in [2.24, 2.45) is 5.92 Å². The van der Waals surface area contributed by atoms with Crippen molar-refractivity contribution in [2.75, 3.05) is 11.9 Å². The molecule has 0 spiro atoms. The highest BCUT2D eigenvalue weighted by Gasteiger charge is 2.31. The van der Waals surface area contributed by atoms with E-state index in [4.69, 9.17) is 40.1 Å². The van der Waals surface area contributed by atoms with Crippen LogP contribution in [0, 0.1) is 17.2 Å². The number of anilines is 1. The van der Waals surface area contributed by atoms with E-state index in [-0.39, 0.29) is 0 Å². The number of esters is 1. The average Bonchev–Trinajstić information content (AvgIpc) is 2.37. The van der Waals surface area contributed by atoms with Gasteiger partial charge in [-0.05, 0) is 12.1 Å². The number of carbonyl (C=O) groups excluding carboxylic acids is 2. The predicted molar refractivity (Wildman–Crippen MR) is 75.4 cm³/mol. The largest absolute Gasteiger partial charge is 0.460 e. The lowest BCUT2D eigenvalue weighted by molar-refractivity contribution is -0.148. The number of amides is 1. The highest BCUT2D eigenvalue weighted by Crippen LogP contribution is 2.26.